The highest BCUT2D eigenvalue weighted by atomic mass is 35.5. The molecule has 2 aromatic carbocycles. The molecule has 3 rings (SSSR count). The SMILES string of the molecule is CC(=O)OCC1CC(OC(C)=O)CC(c2ccc(Cl)c(Cc3ccc(OS(=O)C(F)(F)F)cc3)c2)O1. The third-order valence-corrected chi connectivity index (χ3v) is 6.38. The van der Waals surface area contributed by atoms with Gasteiger partial charge in [-0.15, -0.1) is 0 Å². The number of carbonyl (C=O) groups excluding carboxylic acids is 2. The van der Waals surface area contributed by atoms with Crippen molar-refractivity contribution in [3.8, 4) is 5.75 Å². The number of hydrogen-bond acceptors (Lipinski definition) is 7. The predicted octanol–water partition coefficient (Wildman–Crippen LogP) is 5.21. The van der Waals surface area contributed by atoms with E-state index in [1.54, 1.807) is 24.3 Å². The van der Waals surface area contributed by atoms with Gasteiger partial charge in [0.25, 0.3) is 0 Å². The molecule has 7 nitrogen and oxygen atoms in total. The molecule has 0 saturated carbocycles. The van der Waals surface area contributed by atoms with E-state index in [1.807, 2.05) is 6.07 Å². The van der Waals surface area contributed by atoms with E-state index in [9.17, 15) is 27.0 Å². The van der Waals surface area contributed by atoms with Crippen LogP contribution in [0.15, 0.2) is 42.5 Å². The molecule has 0 bridgehead atoms. The van der Waals surface area contributed by atoms with Crippen LogP contribution in [0, 0.1) is 0 Å². The van der Waals surface area contributed by atoms with Gasteiger partial charge in [-0.05, 0) is 41.3 Å². The molecular weight excluding hydrogens is 525 g/mol. The van der Waals surface area contributed by atoms with Gasteiger partial charge >= 0.3 is 28.5 Å². The van der Waals surface area contributed by atoms with Gasteiger partial charge < -0.3 is 18.4 Å². The highest BCUT2D eigenvalue weighted by Gasteiger charge is 2.40. The minimum Gasteiger partial charge on any atom is -0.463 e. The molecule has 1 aliphatic heterocycles. The number of ether oxygens (including phenoxy) is 3. The first kappa shape index (κ1) is 27.9. The molecule has 1 heterocycles. The summed E-state index contributed by atoms with van der Waals surface area (Å²) in [6.45, 7) is 2.64. The van der Waals surface area contributed by atoms with E-state index >= 15 is 0 Å². The zero-order chi connectivity index (χ0) is 26.5. The van der Waals surface area contributed by atoms with Crippen LogP contribution in [0.1, 0.15) is 49.5 Å². The molecule has 196 valence electrons. The van der Waals surface area contributed by atoms with E-state index < -0.39 is 46.8 Å². The van der Waals surface area contributed by atoms with Gasteiger partial charge in [-0.3, -0.25) is 9.59 Å². The van der Waals surface area contributed by atoms with Crippen molar-refractivity contribution < 1.29 is 45.4 Å². The minimum atomic E-state index is -4.97. The first-order valence-electron chi connectivity index (χ1n) is 10.9. The zero-order valence-corrected chi connectivity index (χ0v) is 21.0. The van der Waals surface area contributed by atoms with Gasteiger partial charge in [-0.25, -0.2) is 4.21 Å². The third-order valence-electron chi connectivity index (χ3n) is 5.28. The second-order valence-corrected chi connectivity index (χ2v) is 9.69. The molecule has 1 fully saturated rings. The number of carbonyl (C=O) groups is 2. The number of esters is 2. The molecule has 0 aromatic heterocycles. The maximum absolute atomic E-state index is 12.4. The maximum Gasteiger partial charge on any atom is 0.508 e. The van der Waals surface area contributed by atoms with Crippen molar-refractivity contribution in [3.05, 3.63) is 64.2 Å². The molecule has 0 spiro atoms. The Balaban J connectivity index is 1.74. The second kappa shape index (κ2) is 12.1. The van der Waals surface area contributed by atoms with Crippen molar-refractivity contribution in [2.24, 2.45) is 0 Å². The molecule has 4 unspecified atom stereocenters. The lowest BCUT2D eigenvalue weighted by molar-refractivity contribution is -0.169. The topological polar surface area (TPSA) is 88.1 Å². The fourth-order valence-electron chi connectivity index (χ4n) is 3.78. The number of hydrogen-bond donors (Lipinski definition) is 0. The molecule has 4 atom stereocenters. The van der Waals surface area contributed by atoms with Crippen LogP contribution >= 0.6 is 11.6 Å². The number of halogens is 4. The quantitative estimate of drug-likeness (QED) is 0.419. The van der Waals surface area contributed by atoms with Gasteiger partial charge in [0, 0.05) is 31.7 Å². The van der Waals surface area contributed by atoms with Crippen LogP contribution < -0.4 is 4.18 Å². The number of alkyl halides is 3. The highest BCUT2D eigenvalue weighted by Crippen LogP contribution is 2.35. The van der Waals surface area contributed by atoms with E-state index in [-0.39, 0.29) is 12.4 Å². The van der Waals surface area contributed by atoms with Crippen molar-refractivity contribution in [3.63, 3.8) is 0 Å². The Bertz CT molecular complexity index is 1110. The average molecular weight is 549 g/mol. The Morgan fingerprint density at radius 3 is 2.39 bits per heavy atom. The summed E-state index contributed by atoms with van der Waals surface area (Å²) in [5.74, 6) is -1.05. The van der Waals surface area contributed by atoms with Crippen molar-refractivity contribution >= 4 is 34.6 Å². The van der Waals surface area contributed by atoms with Crippen LogP contribution in [-0.4, -0.2) is 40.5 Å². The standard InChI is InChI=1S/C24H24ClF3O7S/c1-14(29)32-13-21-11-20(33-15(2)30)12-23(34-21)17-5-8-22(25)18(10-17)9-16-3-6-19(7-4-16)35-36(31)24(26,27)28/h3-8,10,20-21,23H,9,11-13H2,1-2H3. The number of benzene rings is 2. The van der Waals surface area contributed by atoms with Crippen molar-refractivity contribution in [1.82, 2.24) is 0 Å². The van der Waals surface area contributed by atoms with E-state index in [0.29, 0.717) is 24.3 Å². The zero-order valence-electron chi connectivity index (χ0n) is 19.4. The van der Waals surface area contributed by atoms with Gasteiger partial charge in [0.05, 0.1) is 12.2 Å². The third kappa shape index (κ3) is 8.21. The first-order valence-corrected chi connectivity index (χ1v) is 12.4. The molecule has 12 heteroatoms. The largest absolute Gasteiger partial charge is 0.508 e. The molecular formula is C24H24ClF3O7S. The van der Waals surface area contributed by atoms with Crippen LogP contribution in [0.4, 0.5) is 13.2 Å². The van der Waals surface area contributed by atoms with E-state index in [0.717, 1.165) is 16.7 Å². The molecule has 2 aromatic rings. The summed E-state index contributed by atoms with van der Waals surface area (Å²) in [6, 6.07) is 11.0. The van der Waals surface area contributed by atoms with Crippen molar-refractivity contribution in [1.29, 1.82) is 0 Å². The molecule has 0 N–H and O–H groups in total. The average Bonchev–Trinajstić information content (AvgIpc) is 2.79. The molecule has 0 radical (unpaired) electrons. The summed E-state index contributed by atoms with van der Waals surface area (Å²) in [5, 5.41) is 0.473. The number of rotatable bonds is 8. The lowest BCUT2D eigenvalue weighted by Crippen LogP contribution is -2.36. The maximum atomic E-state index is 12.4. The summed E-state index contributed by atoms with van der Waals surface area (Å²) in [4.78, 5) is 22.7. The van der Waals surface area contributed by atoms with Crippen LogP contribution in [0.3, 0.4) is 0 Å². The van der Waals surface area contributed by atoms with E-state index in [4.69, 9.17) is 25.8 Å². The predicted molar refractivity (Wildman–Crippen MR) is 125 cm³/mol. The van der Waals surface area contributed by atoms with E-state index in [1.165, 1.54) is 26.0 Å². The normalized spacial score (nSPS) is 20.9. The summed E-state index contributed by atoms with van der Waals surface area (Å²) < 4.78 is 69.4. The minimum absolute atomic E-state index is 0.0254. The van der Waals surface area contributed by atoms with Gasteiger partial charge in [0.1, 0.15) is 18.5 Å². The fourth-order valence-corrected chi connectivity index (χ4v) is 4.35. The smallest absolute Gasteiger partial charge is 0.463 e. The molecule has 0 aliphatic carbocycles. The molecule has 1 aliphatic rings. The first-order chi connectivity index (χ1) is 16.9. The lowest BCUT2D eigenvalue weighted by atomic mass is 9.94. The molecule has 0 amide bonds. The highest BCUT2D eigenvalue weighted by molar-refractivity contribution is 7.81. The Morgan fingerprint density at radius 1 is 1.08 bits per heavy atom. The van der Waals surface area contributed by atoms with Crippen molar-refractivity contribution in [2.75, 3.05) is 6.61 Å². The van der Waals surface area contributed by atoms with Gasteiger partial charge in [-0.2, -0.15) is 13.2 Å². The second-order valence-electron chi connectivity index (χ2n) is 8.19. The fraction of sp³-hybridized carbons (Fsp3) is 0.417. The van der Waals surface area contributed by atoms with E-state index in [2.05, 4.69) is 4.18 Å². The van der Waals surface area contributed by atoms with Crippen molar-refractivity contribution in [2.45, 2.75) is 56.9 Å². The Hall–Kier alpha value is -2.63. The Kier molecular flexibility index (Phi) is 9.37. The Labute approximate surface area is 213 Å². The Morgan fingerprint density at radius 2 is 1.78 bits per heavy atom. The summed E-state index contributed by atoms with van der Waals surface area (Å²) in [6.07, 6.45) is -0.196. The monoisotopic (exact) mass is 548 g/mol. The molecule has 36 heavy (non-hydrogen) atoms. The molecule has 1 saturated heterocycles. The van der Waals surface area contributed by atoms with Gasteiger partial charge in [0.2, 0.25) is 0 Å². The lowest BCUT2D eigenvalue weighted by Gasteiger charge is -2.35. The summed E-state index contributed by atoms with van der Waals surface area (Å²) in [7, 11) is 0. The van der Waals surface area contributed by atoms with Crippen LogP contribution in [0.25, 0.3) is 0 Å². The van der Waals surface area contributed by atoms with Crippen LogP contribution in [0.2, 0.25) is 5.02 Å². The van der Waals surface area contributed by atoms with Crippen LogP contribution in [-0.2, 0) is 41.3 Å². The van der Waals surface area contributed by atoms with Gasteiger partial charge in [-0.1, -0.05) is 35.9 Å². The van der Waals surface area contributed by atoms with Gasteiger partial charge in [0.15, 0.2) is 0 Å². The van der Waals surface area contributed by atoms with Crippen LogP contribution in [0.5, 0.6) is 5.75 Å². The summed E-state index contributed by atoms with van der Waals surface area (Å²) >= 11 is 2.94. The summed E-state index contributed by atoms with van der Waals surface area (Å²) in [5.41, 5.74) is -2.73.